The summed E-state index contributed by atoms with van der Waals surface area (Å²) in [6.07, 6.45) is 3.79. The Morgan fingerprint density at radius 3 is 2.39 bits per heavy atom. The number of aryl methyl sites for hydroxylation is 1. The van der Waals surface area contributed by atoms with Gasteiger partial charge in [-0.25, -0.2) is 9.69 Å². The summed E-state index contributed by atoms with van der Waals surface area (Å²) in [6.45, 7) is 5.95. The second kappa shape index (κ2) is 11.4. The first-order valence-corrected chi connectivity index (χ1v) is 12.5. The molecule has 0 radical (unpaired) electrons. The first kappa shape index (κ1) is 25.5. The molecule has 1 atom stereocenters. The van der Waals surface area contributed by atoms with Gasteiger partial charge < -0.3 is 14.0 Å². The molecule has 3 aromatic rings. The lowest BCUT2D eigenvalue weighted by Gasteiger charge is -2.23. The number of amides is 1. The monoisotopic (exact) mass is 508 g/mol. The number of benzene rings is 2. The van der Waals surface area contributed by atoms with E-state index in [4.69, 9.17) is 25.6 Å². The molecule has 188 valence electrons. The third-order valence-corrected chi connectivity index (χ3v) is 6.47. The van der Waals surface area contributed by atoms with Crippen molar-refractivity contribution in [1.29, 1.82) is 0 Å². The average Bonchev–Trinajstić information content (AvgIpc) is 3.27. The second-order valence-electron chi connectivity index (χ2n) is 8.46. The van der Waals surface area contributed by atoms with Crippen molar-refractivity contribution in [2.45, 2.75) is 40.0 Å². The average molecular weight is 509 g/mol. The number of aromatic nitrogens is 1. The molecule has 1 heterocycles. The van der Waals surface area contributed by atoms with E-state index < -0.39 is 6.09 Å². The zero-order chi connectivity index (χ0) is 25.7. The molecule has 4 rings (SSSR count). The zero-order valence-electron chi connectivity index (χ0n) is 20.6. The summed E-state index contributed by atoms with van der Waals surface area (Å²) in [4.78, 5) is 26.5. The van der Waals surface area contributed by atoms with Crippen LogP contribution in [0.4, 0.5) is 16.2 Å². The largest absolute Gasteiger partial charge is 0.466 e. The van der Waals surface area contributed by atoms with Crippen LogP contribution in [0.5, 0.6) is 0 Å². The number of hydrogen-bond acceptors (Lipinski definition) is 6. The third kappa shape index (κ3) is 5.31. The van der Waals surface area contributed by atoms with Gasteiger partial charge in [-0.05, 0) is 63.3 Å². The first-order valence-electron chi connectivity index (χ1n) is 12.1. The van der Waals surface area contributed by atoms with E-state index in [-0.39, 0.29) is 18.5 Å². The van der Waals surface area contributed by atoms with Gasteiger partial charge in [-0.15, -0.1) is 0 Å². The molecule has 8 heteroatoms. The van der Waals surface area contributed by atoms with Crippen LogP contribution in [0.3, 0.4) is 0 Å². The first-order chi connectivity index (χ1) is 17.4. The summed E-state index contributed by atoms with van der Waals surface area (Å²) in [7, 11) is 0. The van der Waals surface area contributed by atoms with Crippen molar-refractivity contribution in [1.82, 2.24) is 5.16 Å². The number of rotatable bonds is 7. The van der Waals surface area contributed by atoms with Gasteiger partial charge in [-0.3, -0.25) is 4.79 Å². The summed E-state index contributed by atoms with van der Waals surface area (Å²) in [5.41, 5.74) is 4.51. The molecule has 0 N–H and O–H groups in total. The topological polar surface area (TPSA) is 81.9 Å². The molecule has 0 fully saturated rings. The van der Waals surface area contributed by atoms with Gasteiger partial charge in [0.2, 0.25) is 0 Å². The minimum absolute atomic E-state index is 0.0774. The van der Waals surface area contributed by atoms with Crippen molar-refractivity contribution in [2.75, 3.05) is 18.1 Å². The van der Waals surface area contributed by atoms with Crippen LogP contribution >= 0.6 is 11.6 Å². The van der Waals surface area contributed by atoms with Gasteiger partial charge in [-0.1, -0.05) is 59.2 Å². The highest BCUT2D eigenvalue weighted by Gasteiger charge is 2.30. The lowest BCUT2D eigenvalue weighted by Crippen LogP contribution is -2.27. The Balaban J connectivity index is 1.64. The molecule has 1 aliphatic carbocycles. The molecule has 1 unspecified atom stereocenters. The Bertz CT molecular complexity index is 1270. The number of nitrogens with zero attached hydrogens (tertiary/aromatic N) is 2. The molecular weight excluding hydrogens is 480 g/mol. The summed E-state index contributed by atoms with van der Waals surface area (Å²) in [5.74, 6) is 0.236. The second-order valence-corrected chi connectivity index (χ2v) is 8.87. The standard InChI is InChI=1S/C28H29ClN2O5/c1-4-34-27(32)22-16-12-20(13-17-22)19-10-14-21(15-11-19)26-25(18(3)30-36-26)31(28(33)35-5-2)24-9-7-6-8-23(24)29/h6-12,14-15,22H,4-5,13,16-17H2,1-3H3. The van der Waals surface area contributed by atoms with Crippen LogP contribution < -0.4 is 4.90 Å². The van der Waals surface area contributed by atoms with Crippen LogP contribution in [0, 0.1) is 12.8 Å². The Morgan fingerprint density at radius 2 is 1.75 bits per heavy atom. The minimum Gasteiger partial charge on any atom is -0.466 e. The maximum atomic E-state index is 13.0. The van der Waals surface area contributed by atoms with Crippen LogP contribution in [0.2, 0.25) is 5.02 Å². The molecule has 0 bridgehead atoms. The van der Waals surface area contributed by atoms with Crippen LogP contribution in [-0.2, 0) is 14.3 Å². The number of esters is 1. The molecule has 1 aliphatic rings. The Kier molecular flexibility index (Phi) is 8.10. The van der Waals surface area contributed by atoms with Crippen molar-refractivity contribution in [3.63, 3.8) is 0 Å². The van der Waals surface area contributed by atoms with Crippen molar-refractivity contribution in [3.8, 4) is 11.3 Å². The molecule has 1 aromatic heterocycles. The van der Waals surface area contributed by atoms with Crippen LogP contribution in [0.1, 0.15) is 44.4 Å². The summed E-state index contributed by atoms with van der Waals surface area (Å²) >= 11 is 6.45. The van der Waals surface area contributed by atoms with Crippen molar-refractivity contribution in [3.05, 3.63) is 70.9 Å². The summed E-state index contributed by atoms with van der Waals surface area (Å²) < 4.78 is 16.2. The van der Waals surface area contributed by atoms with E-state index in [1.807, 2.05) is 31.2 Å². The maximum absolute atomic E-state index is 13.0. The molecule has 0 aliphatic heterocycles. The molecular formula is C28H29ClN2O5. The third-order valence-electron chi connectivity index (χ3n) is 6.15. The van der Waals surface area contributed by atoms with Gasteiger partial charge in [0.05, 0.1) is 29.8 Å². The number of para-hydroxylation sites is 1. The van der Waals surface area contributed by atoms with Gasteiger partial charge in [0.1, 0.15) is 11.4 Å². The Morgan fingerprint density at radius 1 is 1.06 bits per heavy atom. The molecule has 0 saturated carbocycles. The van der Waals surface area contributed by atoms with Gasteiger partial charge in [0.15, 0.2) is 5.76 Å². The van der Waals surface area contributed by atoms with Crippen LogP contribution in [0.25, 0.3) is 16.9 Å². The minimum atomic E-state index is -0.571. The summed E-state index contributed by atoms with van der Waals surface area (Å²) in [5, 5.41) is 4.54. The van der Waals surface area contributed by atoms with Crippen LogP contribution in [0.15, 0.2) is 59.1 Å². The summed E-state index contributed by atoms with van der Waals surface area (Å²) in [6, 6.07) is 15.0. The number of ether oxygens (including phenoxy) is 2. The number of carbonyl (C=O) groups excluding carboxylic acids is 2. The smallest absolute Gasteiger partial charge is 0.419 e. The van der Waals surface area contributed by atoms with Crippen LogP contribution in [-0.4, -0.2) is 30.4 Å². The number of halogens is 1. The normalized spacial score (nSPS) is 15.2. The van der Waals surface area contributed by atoms with E-state index >= 15 is 0 Å². The lowest BCUT2D eigenvalue weighted by atomic mass is 9.86. The molecule has 7 nitrogen and oxygen atoms in total. The maximum Gasteiger partial charge on any atom is 0.419 e. The SMILES string of the molecule is CCOC(=O)C1CC=C(c2ccc(-c3onc(C)c3N(C(=O)OCC)c3ccccc3Cl)cc2)CC1. The number of anilines is 2. The molecule has 0 spiro atoms. The Labute approximate surface area is 215 Å². The van der Waals surface area contributed by atoms with E-state index in [0.717, 1.165) is 24.0 Å². The highest BCUT2D eigenvalue weighted by atomic mass is 35.5. The molecule has 2 aromatic carbocycles. The fourth-order valence-electron chi connectivity index (χ4n) is 4.36. The van der Waals surface area contributed by atoms with Crippen molar-refractivity contribution in [2.24, 2.45) is 5.92 Å². The number of carbonyl (C=O) groups is 2. The molecule has 36 heavy (non-hydrogen) atoms. The van der Waals surface area contributed by atoms with Gasteiger partial charge in [0.25, 0.3) is 0 Å². The predicted octanol–water partition coefficient (Wildman–Crippen LogP) is 7.34. The fraction of sp³-hybridized carbons (Fsp3) is 0.321. The quantitative estimate of drug-likeness (QED) is 0.310. The highest BCUT2D eigenvalue weighted by Crippen LogP contribution is 2.41. The predicted molar refractivity (Wildman–Crippen MR) is 139 cm³/mol. The van der Waals surface area contributed by atoms with E-state index in [2.05, 4.69) is 11.2 Å². The van der Waals surface area contributed by atoms with Gasteiger partial charge in [0, 0.05) is 5.56 Å². The fourth-order valence-corrected chi connectivity index (χ4v) is 4.58. The van der Waals surface area contributed by atoms with E-state index in [0.29, 0.717) is 40.9 Å². The van der Waals surface area contributed by atoms with Crippen molar-refractivity contribution >= 4 is 40.6 Å². The Hall–Kier alpha value is -3.58. The lowest BCUT2D eigenvalue weighted by molar-refractivity contribution is -0.148. The number of allylic oxidation sites excluding steroid dienone is 2. The highest BCUT2D eigenvalue weighted by molar-refractivity contribution is 6.34. The molecule has 1 amide bonds. The molecule has 0 saturated heterocycles. The van der Waals surface area contributed by atoms with Gasteiger partial charge >= 0.3 is 12.1 Å². The number of hydrogen-bond donors (Lipinski definition) is 0. The van der Waals surface area contributed by atoms with E-state index in [1.165, 1.54) is 10.5 Å². The van der Waals surface area contributed by atoms with Gasteiger partial charge in [-0.2, -0.15) is 0 Å². The van der Waals surface area contributed by atoms with E-state index in [9.17, 15) is 9.59 Å². The van der Waals surface area contributed by atoms with E-state index in [1.54, 1.807) is 38.1 Å². The zero-order valence-corrected chi connectivity index (χ0v) is 21.4. The van der Waals surface area contributed by atoms with Crippen molar-refractivity contribution < 1.29 is 23.6 Å².